The van der Waals surface area contributed by atoms with Crippen LogP contribution >= 0.6 is 0 Å². The van der Waals surface area contributed by atoms with Crippen molar-refractivity contribution in [1.29, 1.82) is 0 Å². The number of ether oxygens (including phenoxy) is 1. The van der Waals surface area contributed by atoms with E-state index in [1.807, 2.05) is 18.7 Å². The van der Waals surface area contributed by atoms with Crippen LogP contribution in [0.3, 0.4) is 0 Å². The van der Waals surface area contributed by atoms with Crippen LogP contribution in [0.25, 0.3) is 0 Å². The number of benzene rings is 2. The minimum Gasteiger partial charge on any atom is -0.497 e. The van der Waals surface area contributed by atoms with Crippen LogP contribution in [0.4, 0.5) is 18.9 Å². The molecule has 0 spiro atoms. The third kappa shape index (κ3) is 5.97. The average molecular weight is 464 g/mol. The maximum Gasteiger partial charge on any atom is 0.416 e. The molecule has 2 amide bonds. The van der Waals surface area contributed by atoms with Gasteiger partial charge in [-0.15, -0.1) is 0 Å². The first kappa shape index (κ1) is 24.4. The van der Waals surface area contributed by atoms with Gasteiger partial charge in [-0.1, -0.05) is 19.9 Å². The van der Waals surface area contributed by atoms with Gasteiger partial charge in [-0.05, 0) is 48.4 Å². The van der Waals surface area contributed by atoms with Crippen molar-refractivity contribution in [1.82, 2.24) is 10.2 Å². The highest BCUT2D eigenvalue weighted by atomic mass is 19.4. The van der Waals surface area contributed by atoms with E-state index >= 15 is 0 Å². The average Bonchev–Trinajstić information content (AvgIpc) is 2.81. The van der Waals surface area contributed by atoms with Crippen LogP contribution in [0, 0.1) is 5.92 Å². The molecule has 1 aliphatic heterocycles. The molecule has 1 heterocycles. The van der Waals surface area contributed by atoms with Gasteiger partial charge in [-0.25, -0.2) is 0 Å². The molecule has 1 unspecified atom stereocenters. The van der Waals surface area contributed by atoms with Crippen molar-refractivity contribution < 1.29 is 27.5 Å². The summed E-state index contributed by atoms with van der Waals surface area (Å²) < 4.78 is 44.2. The minimum atomic E-state index is -4.40. The Morgan fingerprint density at radius 3 is 2.18 bits per heavy atom. The maximum absolute atomic E-state index is 13.2. The van der Waals surface area contributed by atoms with Gasteiger partial charge in [0.2, 0.25) is 5.91 Å². The predicted octanol–water partition coefficient (Wildman–Crippen LogP) is 3.82. The third-order valence-electron chi connectivity index (χ3n) is 5.70. The molecule has 1 fully saturated rings. The monoisotopic (exact) mass is 463 g/mol. The van der Waals surface area contributed by atoms with Gasteiger partial charge in [-0.2, -0.15) is 13.2 Å². The summed E-state index contributed by atoms with van der Waals surface area (Å²) >= 11 is 0. The SMILES string of the molecule is COc1ccc(C(=O)NC(C(=O)N2CCN(c3cccc(C(F)(F)F)c3)CC2)C(C)C)cc1. The number of hydrogen-bond donors (Lipinski definition) is 1. The fourth-order valence-electron chi connectivity index (χ4n) is 3.74. The Hall–Kier alpha value is -3.23. The zero-order valence-electron chi connectivity index (χ0n) is 18.9. The largest absolute Gasteiger partial charge is 0.497 e. The fraction of sp³-hybridized carbons (Fsp3) is 0.417. The Morgan fingerprint density at radius 1 is 1.00 bits per heavy atom. The Labute approximate surface area is 191 Å². The van der Waals surface area contributed by atoms with E-state index in [1.165, 1.54) is 13.2 Å². The van der Waals surface area contributed by atoms with E-state index in [4.69, 9.17) is 4.74 Å². The number of nitrogens with zero attached hydrogens (tertiary/aromatic N) is 2. The number of amides is 2. The second-order valence-electron chi connectivity index (χ2n) is 8.28. The number of carbonyl (C=O) groups excluding carboxylic acids is 2. The summed E-state index contributed by atoms with van der Waals surface area (Å²) in [5, 5.41) is 2.82. The first-order chi connectivity index (χ1) is 15.6. The van der Waals surface area contributed by atoms with Gasteiger partial charge in [0, 0.05) is 37.4 Å². The summed E-state index contributed by atoms with van der Waals surface area (Å²) in [7, 11) is 1.54. The third-order valence-corrected chi connectivity index (χ3v) is 5.70. The van der Waals surface area contributed by atoms with Gasteiger partial charge in [-0.3, -0.25) is 9.59 Å². The number of methoxy groups -OCH3 is 1. The molecule has 2 aromatic carbocycles. The van der Waals surface area contributed by atoms with Crippen molar-refractivity contribution in [3.8, 4) is 5.75 Å². The number of piperazine rings is 1. The maximum atomic E-state index is 13.2. The fourth-order valence-corrected chi connectivity index (χ4v) is 3.74. The van der Waals surface area contributed by atoms with Crippen LogP contribution in [-0.2, 0) is 11.0 Å². The second kappa shape index (κ2) is 10.1. The highest BCUT2D eigenvalue weighted by Crippen LogP contribution is 2.32. The molecular formula is C24H28F3N3O3. The summed E-state index contributed by atoms with van der Waals surface area (Å²) in [6, 6.07) is 11.1. The molecule has 3 rings (SSSR count). The molecule has 1 atom stereocenters. The first-order valence-corrected chi connectivity index (χ1v) is 10.8. The number of hydrogen-bond acceptors (Lipinski definition) is 4. The summed E-state index contributed by atoms with van der Waals surface area (Å²) in [5.74, 6) is -0.0641. The molecular weight excluding hydrogens is 435 g/mol. The number of alkyl halides is 3. The Balaban J connectivity index is 1.63. The normalized spacial score (nSPS) is 15.4. The first-order valence-electron chi connectivity index (χ1n) is 10.8. The second-order valence-corrected chi connectivity index (χ2v) is 8.28. The molecule has 0 saturated carbocycles. The van der Waals surface area contributed by atoms with Gasteiger partial charge in [0.05, 0.1) is 12.7 Å². The number of anilines is 1. The summed E-state index contributed by atoms with van der Waals surface area (Å²) in [6.07, 6.45) is -4.40. The van der Waals surface area contributed by atoms with Gasteiger partial charge in [0.1, 0.15) is 11.8 Å². The lowest BCUT2D eigenvalue weighted by atomic mass is 10.0. The molecule has 178 valence electrons. The van der Waals surface area contributed by atoms with E-state index < -0.39 is 17.8 Å². The lowest BCUT2D eigenvalue weighted by Crippen LogP contribution is -2.56. The molecule has 0 radical (unpaired) electrons. The summed E-state index contributed by atoms with van der Waals surface area (Å²) in [4.78, 5) is 29.3. The van der Waals surface area contributed by atoms with Gasteiger partial charge in [0.25, 0.3) is 5.91 Å². The highest BCUT2D eigenvalue weighted by molar-refractivity contribution is 5.97. The molecule has 1 saturated heterocycles. The zero-order valence-corrected chi connectivity index (χ0v) is 18.9. The van der Waals surface area contributed by atoms with E-state index in [0.717, 1.165) is 12.1 Å². The van der Waals surface area contributed by atoms with E-state index in [2.05, 4.69) is 5.32 Å². The minimum absolute atomic E-state index is 0.138. The molecule has 9 heteroatoms. The quantitative estimate of drug-likeness (QED) is 0.708. The van der Waals surface area contributed by atoms with Crippen LogP contribution in [-0.4, -0.2) is 56.0 Å². The van der Waals surface area contributed by atoms with Crippen LogP contribution in [0.5, 0.6) is 5.75 Å². The summed E-state index contributed by atoms with van der Waals surface area (Å²) in [6.45, 7) is 5.24. The predicted molar refractivity (Wildman–Crippen MR) is 119 cm³/mol. The number of carbonyl (C=O) groups is 2. The molecule has 1 N–H and O–H groups in total. The molecule has 2 aromatic rings. The van der Waals surface area contributed by atoms with E-state index in [-0.39, 0.29) is 17.7 Å². The van der Waals surface area contributed by atoms with Crippen molar-refractivity contribution in [3.63, 3.8) is 0 Å². The number of rotatable bonds is 6. The lowest BCUT2D eigenvalue weighted by molar-refractivity contribution is -0.137. The standard InChI is InChI=1S/C24H28F3N3O3/c1-16(2)21(28-22(31)17-7-9-20(33-3)10-8-17)23(32)30-13-11-29(12-14-30)19-6-4-5-18(15-19)24(25,26)27/h4-10,15-16,21H,11-14H2,1-3H3,(H,28,31). The van der Waals surface area contributed by atoms with Gasteiger partial charge < -0.3 is 19.9 Å². The molecule has 0 aromatic heterocycles. The van der Waals surface area contributed by atoms with Crippen LogP contribution < -0.4 is 15.0 Å². The number of halogens is 3. The number of nitrogens with one attached hydrogen (secondary N) is 1. The highest BCUT2D eigenvalue weighted by Gasteiger charge is 2.33. The lowest BCUT2D eigenvalue weighted by Gasteiger charge is -2.38. The molecule has 1 aliphatic rings. The Kier molecular flexibility index (Phi) is 7.50. The van der Waals surface area contributed by atoms with Gasteiger partial charge in [0.15, 0.2) is 0 Å². The van der Waals surface area contributed by atoms with E-state index in [0.29, 0.717) is 43.2 Å². The van der Waals surface area contributed by atoms with Crippen molar-refractivity contribution in [2.45, 2.75) is 26.1 Å². The van der Waals surface area contributed by atoms with E-state index in [1.54, 1.807) is 35.2 Å². The van der Waals surface area contributed by atoms with Crippen molar-refractivity contribution in [2.24, 2.45) is 5.92 Å². The summed E-state index contributed by atoms with van der Waals surface area (Å²) in [5.41, 5.74) is 0.202. The molecule has 0 aliphatic carbocycles. The smallest absolute Gasteiger partial charge is 0.416 e. The van der Waals surface area contributed by atoms with Crippen LogP contribution in [0.1, 0.15) is 29.8 Å². The molecule has 6 nitrogen and oxygen atoms in total. The van der Waals surface area contributed by atoms with Crippen molar-refractivity contribution in [2.75, 3.05) is 38.2 Å². The molecule has 0 bridgehead atoms. The van der Waals surface area contributed by atoms with Crippen molar-refractivity contribution in [3.05, 3.63) is 59.7 Å². The topological polar surface area (TPSA) is 61.9 Å². The van der Waals surface area contributed by atoms with Crippen LogP contribution in [0.2, 0.25) is 0 Å². The van der Waals surface area contributed by atoms with E-state index in [9.17, 15) is 22.8 Å². The Morgan fingerprint density at radius 2 is 1.64 bits per heavy atom. The van der Waals surface area contributed by atoms with Crippen molar-refractivity contribution >= 4 is 17.5 Å². The van der Waals surface area contributed by atoms with Crippen LogP contribution in [0.15, 0.2) is 48.5 Å². The zero-order chi connectivity index (χ0) is 24.2. The molecule has 33 heavy (non-hydrogen) atoms. The Bertz CT molecular complexity index is 969. The van der Waals surface area contributed by atoms with Gasteiger partial charge >= 0.3 is 6.18 Å².